The first kappa shape index (κ1) is 12.9. The minimum Gasteiger partial charge on any atom is -0.347 e. The summed E-state index contributed by atoms with van der Waals surface area (Å²) < 4.78 is 0. The van der Waals surface area contributed by atoms with Crippen molar-refractivity contribution in [2.45, 2.75) is 19.4 Å². The van der Waals surface area contributed by atoms with E-state index in [1.165, 1.54) is 0 Å². The molecule has 5 heteroatoms. The monoisotopic (exact) mass is 266 g/mol. The van der Waals surface area contributed by atoms with E-state index in [4.69, 9.17) is 11.6 Å². The van der Waals surface area contributed by atoms with Crippen LogP contribution in [0.5, 0.6) is 0 Å². The zero-order valence-corrected chi connectivity index (χ0v) is 11.1. The molecule has 2 rings (SSSR count). The van der Waals surface area contributed by atoms with E-state index in [-0.39, 0.29) is 17.9 Å². The number of hydrogen-bond acceptors (Lipinski definition) is 2. The molecule has 0 saturated carbocycles. The van der Waals surface area contributed by atoms with Crippen LogP contribution in [0.3, 0.4) is 0 Å². The van der Waals surface area contributed by atoms with Gasteiger partial charge >= 0.3 is 0 Å². The van der Waals surface area contributed by atoms with Crippen molar-refractivity contribution in [3.05, 3.63) is 34.3 Å². The Morgan fingerprint density at radius 2 is 2.22 bits per heavy atom. The smallest absolute Gasteiger partial charge is 0.251 e. The molecule has 1 N–H and O–H groups in total. The molecule has 1 fully saturated rings. The van der Waals surface area contributed by atoms with Gasteiger partial charge in [-0.25, -0.2) is 0 Å². The molecule has 4 nitrogen and oxygen atoms in total. The van der Waals surface area contributed by atoms with Crippen LogP contribution in [0, 0.1) is 6.92 Å². The summed E-state index contributed by atoms with van der Waals surface area (Å²) in [5, 5.41) is 3.44. The number of nitrogens with one attached hydrogen (secondary N) is 1. The van der Waals surface area contributed by atoms with Crippen molar-refractivity contribution in [2.75, 3.05) is 13.6 Å². The topological polar surface area (TPSA) is 49.4 Å². The van der Waals surface area contributed by atoms with Crippen molar-refractivity contribution >= 4 is 23.4 Å². The van der Waals surface area contributed by atoms with E-state index < -0.39 is 0 Å². The highest BCUT2D eigenvalue weighted by Crippen LogP contribution is 2.19. The van der Waals surface area contributed by atoms with Crippen LogP contribution >= 0.6 is 11.6 Å². The second kappa shape index (κ2) is 4.98. The lowest BCUT2D eigenvalue weighted by molar-refractivity contribution is -0.126. The lowest BCUT2D eigenvalue weighted by Gasteiger charge is -2.14. The molecule has 1 aliphatic heterocycles. The molecule has 1 heterocycles. The zero-order valence-electron chi connectivity index (χ0n) is 10.4. The van der Waals surface area contributed by atoms with Crippen LogP contribution in [0.1, 0.15) is 22.3 Å². The third-order valence-corrected chi connectivity index (χ3v) is 3.60. The highest BCUT2D eigenvalue weighted by molar-refractivity contribution is 6.31. The minimum absolute atomic E-state index is 0.0584. The maximum absolute atomic E-state index is 12.1. The maximum Gasteiger partial charge on any atom is 0.251 e. The molecule has 0 spiro atoms. The van der Waals surface area contributed by atoms with E-state index in [1.54, 1.807) is 30.1 Å². The van der Waals surface area contributed by atoms with Crippen molar-refractivity contribution < 1.29 is 9.59 Å². The summed E-state index contributed by atoms with van der Waals surface area (Å²) in [4.78, 5) is 25.1. The number of likely N-dealkylation sites (tertiary alicyclic amines) is 1. The van der Waals surface area contributed by atoms with Crippen LogP contribution < -0.4 is 5.32 Å². The van der Waals surface area contributed by atoms with Crippen molar-refractivity contribution in [3.8, 4) is 0 Å². The van der Waals surface area contributed by atoms with Gasteiger partial charge in [0.25, 0.3) is 5.91 Å². The van der Waals surface area contributed by atoms with Gasteiger partial charge in [0, 0.05) is 30.6 Å². The summed E-state index contributed by atoms with van der Waals surface area (Å²) in [6.07, 6.45) is 0.363. The van der Waals surface area contributed by atoms with E-state index in [0.717, 1.165) is 5.56 Å². The normalized spacial score (nSPS) is 19.2. The number of carbonyl (C=O) groups is 2. The molecule has 1 aromatic carbocycles. The van der Waals surface area contributed by atoms with Gasteiger partial charge in [0.15, 0.2) is 0 Å². The molecule has 2 amide bonds. The molecule has 0 bridgehead atoms. The van der Waals surface area contributed by atoms with Gasteiger partial charge in [0.05, 0.1) is 6.04 Å². The largest absolute Gasteiger partial charge is 0.347 e. The van der Waals surface area contributed by atoms with Crippen LogP contribution in [-0.2, 0) is 4.79 Å². The quantitative estimate of drug-likeness (QED) is 0.884. The molecule has 1 saturated heterocycles. The Hall–Kier alpha value is -1.55. The van der Waals surface area contributed by atoms with E-state index >= 15 is 0 Å². The Morgan fingerprint density at radius 3 is 2.83 bits per heavy atom. The van der Waals surface area contributed by atoms with E-state index in [1.807, 2.05) is 6.92 Å². The number of carbonyl (C=O) groups excluding carboxylic acids is 2. The average molecular weight is 267 g/mol. The molecular formula is C13H15ClN2O2. The Bertz CT molecular complexity index is 502. The van der Waals surface area contributed by atoms with Gasteiger partial charge in [-0.3, -0.25) is 9.59 Å². The van der Waals surface area contributed by atoms with Crippen LogP contribution in [0.25, 0.3) is 0 Å². The molecule has 1 unspecified atom stereocenters. The zero-order chi connectivity index (χ0) is 13.3. The fourth-order valence-electron chi connectivity index (χ4n) is 2.08. The van der Waals surface area contributed by atoms with Gasteiger partial charge in [-0.05, 0) is 24.6 Å². The van der Waals surface area contributed by atoms with Gasteiger partial charge in [-0.2, -0.15) is 0 Å². The van der Waals surface area contributed by atoms with E-state index in [9.17, 15) is 9.59 Å². The summed E-state index contributed by atoms with van der Waals surface area (Å²) in [6.45, 7) is 2.37. The summed E-state index contributed by atoms with van der Waals surface area (Å²) >= 11 is 5.98. The highest BCUT2D eigenvalue weighted by Gasteiger charge is 2.28. The van der Waals surface area contributed by atoms with Crippen LogP contribution in [0.2, 0.25) is 5.02 Å². The molecule has 1 aliphatic rings. The molecule has 96 valence electrons. The predicted octanol–water partition coefficient (Wildman–Crippen LogP) is 1.61. The molecule has 0 aliphatic carbocycles. The van der Waals surface area contributed by atoms with Crippen molar-refractivity contribution in [2.24, 2.45) is 0 Å². The lowest BCUT2D eigenvalue weighted by atomic mass is 10.1. The van der Waals surface area contributed by atoms with Crippen LogP contribution in [0.15, 0.2) is 18.2 Å². The molecule has 18 heavy (non-hydrogen) atoms. The first-order chi connectivity index (χ1) is 8.49. The SMILES string of the molecule is Cc1c(Cl)cccc1C(=O)NC1CC(=O)N(C)C1. The summed E-state index contributed by atoms with van der Waals surface area (Å²) in [6, 6.07) is 5.11. The molecule has 0 aromatic heterocycles. The second-order valence-electron chi connectivity index (χ2n) is 4.56. The molecular weight excluding hydrogens is 252 g/mol. The first-order valence-corrected chi connectivity index (χ1v) is 6.16. The fourth-order valence-corrected chi connectivity index (χ4v) is 2.25. The van der Waals surface area contributed by atoms with Gasteiger partial charge < -0.3 is 10.2 Å². The molecule has 1 atom stereocenters. The number of hydrogen-bond donors (Lipinski definition) is 1. The van der Waals surface area contributed by atoms with Gasteiger partial charge in [0.2, 0.25) is 5.91 Å². The second-order valence-corrected chi connectivity index (χ2v) is 4.97. The van der Waals surface area contributed by atoms with Crippen molar-refractivity contribution in [1.29, 1.82) is 0 Å². The van der Waals surface area contributed by atoms with Crippen molar-refractivity contribution in [3.63, 3.8) is 0 Å². The number of likely N-dealkylation sites (N-methyl/N-ethyl adjacent to an activating group) is 1. The number of halogens is 1. The fraction of sp³-hybridized carbons (Fsp3) is 0.385. The predicted molar refractivity (Wildman–Crippen MR) is 69.7 cm³/mol. The Morgan fingerprint density at radius 1 is 1.50 bits per heavy atom. The first-order valence-electron chi connectivity index (χ1n) is 5.79. The Balaban J connectivity index is 2.09. The Labute approximate surface area is 111 Å². The number of nitrogens with zero attached hydrogens (tertiary/aromatic N) is 1. The summed E-state index contributed by atoms with van der Waals surface area (Å²) in [7, 11) is 1.74. The maximum atomic E-state index is 12.1. The van der Waals surface area contributed by atoms with Gasteiger partial charge in [-0.15, -0.1) is 0 Å². The third-order valence-electron chi connectivity index (χ3n) is 3.19. The number of rotatable bonds is 2. The summed E-state index contributed by atoms with van der Waals surface area (Å²) in [5.74, 6) is -0.119. The van der Waals surface area contributed by atoms with E-state index in [2.05, 4.69) is 5.32 Å². The standard InChI is InChI=1S/C13H15ClN2O2/c1-8-10(4-3-5-11(8)14)13(18)15-9-6-12(17)16(2)7-9/h3-5,9H,6-7H2,1-2H3,(H,15,18). The number of amides is 2. The van der Waals surface area contributed by atoms with Crippen LogP contribution in [-0.4, -0.2) is 36.3 Å². The average Bonchev–Trinajstić information content (AvgIpc) is 2.61. The van der Waals surface area contributed by atoms with Crippen LogP contribution in [0.4, 0.5) is 0 Å². The van der Waals surface area contributed by atoms with Gasteiger partial charge in [-0.1, -0.05) is 17.7 Å². The van der Waals surface area contributed by atoms with Gasteiger partial charge in [0.1, 0.15) is 0 Å². The Kier molecular flexibility index (Phi) is 3.57. The number of benzene rings is 1. The molecule has 0 radical (unpaired) electrons. The summed E-state index contributed by atoms with van der Waals surface area (Å²) in [5.41, 5.74) is 1.32. The third kappa shape index (κ3) is 2.48. The van der Waals surface area contributed by atoms with E-state index in [0.29, 0.717) is 23.6 Å². The molecule has 1 aromatic rings. The highest BCUT2D eigenvalue weighted by atomic mass is 35.5. The minimum atomic E-state index is -0.178. The van der Waals surface area contributed by atoms with Crippen molar-refractivity contribution in [1.82, 2.24) is 10.2 Å². The lowest BCUT2D eigenvalue weighted by Crippen LogP contribution is -2.36.